The molecule has 0 spiro atoms. The highest BCUT2D eigenvalue weighted by molar-refractivity contribution is 5.78. The highest BCUT2D eigenvalue weighted by atomic mass is 16.5. The van der Waals surface area contributed by atoms with Gasteiger partial charge in [0.05, 0.1) is 51.7 Å². The third-order valence-electron chi connectivity index (χ3n) is 7.42. The maximum absolute atomic E-state index is 11.7. The Labute approximate surface area is 240 Å². The molecule has 8 heteroatoms. The van der Waals surface area contributed by atoms with Crippen LogP contribution in [-0.2, 0) is 22.7 Å². The molecule has 8 nitrogen and oxygen atoms in total. The van der Waals surface area contributed by atoms with Crippen LogP contribution in [0, 0.1) is 0 Å². The summed E-state index contributed by atoms with van der Waals surface area (Å²) in [6, 6.07) is 26.0. The number of benzene rings is 3. The molecule has 1 amide bonds. The van der Waals surface area contributed by atoms with Crippen molar-refractivity contribution in [2.75, 3.05) is 33.4 Å². The lowest BCUT2D eigenvalue weighted by Crippen LogP contribution is -2.46. The molecule has 2 heterocycles. The van der Waals surface area contributed by atoms with Crippen LogP contribution in [0.25, 0.3) is 10.9 Å². The van der Waals surface area contributed by atoms with Gasteiger partial charge in [0.2, 0.25) is 0 Å². The number of carboxylic acid groups (broad SMARTS) is 1. The molecule has 1 aromatic heterocycles. The molecule has 1 N–H and O–H groups in total. The van der Waals surface area contributed by atoms with Crippen LogP contribution < -0.4 is 9.47 Å². The number of pyridine rings is 1. The summed E-state index contributed by atoms with van der Waals surface area (Å²) in [6.45, 7) is 2.84. The van der Waals surface area contributed by atoms with E-state index in [-0.39, 0.29) is 12.0 Å². The summed E-state index contributed by atoms with van der Waals surface area (Å²) in [5.74, 6) is 1.71. The van der Waals surface area contributed by atoms with Crippen molar-refractivity contribution in [2.24, 2.45) is 0 Å². The van der Waals surface area contributed by atoms with Gasteiger partial charge in [-0.15, -0.1) is 0 Å². The van der Waals surface area contributed by atoms with Gasteiger partial charge in [-0.05, 0) is 47.9 Å². The first kappa shape index (κ1) is 28.4. The molecule has 3 aromatic carbocycles. The van der Waals surface area contributed by atoms with E-state index >= 15 is 0 Å². The van der Waals surface area contributed by atoms with Crippen molar-refractivity contribution in [1.29, 1.82) is 0 Å². The smallest absolute Gasteiger partial charge is 0.407 e. The maximum atomic E-state index is 11.7. The predicted molar refractivity (Wildman–Crippen MR) is 156 cm³/mol. The zero-order valence-corrected chi connectivity index (χ0v) is 23.3. The first-order chi connectivity index (χ1) is 20.1. The molecule has 2 atom stereocenters. The number of methoxy groups -OCH3 is 1. The Morgan fingerprint density at radius 3 is 2.68 bits per heavy atom. The maximum Gasteiger partial charge on any atom is 0.407 e. The number of ether oxygens (including phenoxy) is 4. The van der Waals surface area contributed by atoms with E-state index in [1.165, 1.54) is 4.90 Å². The molecule has 4 aromatic rings. The molecule has 41 heavy (non-hydrogen) atoms. The number of likely N-dealkylation sites (tertiary alicyclic amines) is 1. The molecule has 1 aliphatic heterocycles. The van der Waals surface area contributed by atoms with Gasteiger partial charge in [0.1, 0.15) is 11.5 Å². The third kappa shape index (κ3) is 7.54. The van der Waals surface area contributed by atoms with Crippen molar-refractivity contribution < 1.29 is 28.8 Å². The summed E-state index contributed by atoms with van der Waals surface area (Å²) in [5, 5.41) is 10.7. The second-order valence-corrected chi connectivity index (χ2v) is 10.1. The normalized spacial score (nSPS) is 17.0. The fourth-order valence-corrected chi connectivity index (χ4v) is 5.21. The standard InChI is InChI=1S/C33H36N2O6/c1-38-31-8-3-2-6-27(31)23-39-18-5-19-40-28-13-11-25(12-14-28)29-15-17-35(33(36)37)21-32(29)41-22-24-9-10-26-7-4-16-34-30(26)20-24/h2-4,6-14,16,20,29,32H,5,15,17-19,21-23H2,1H3,(H,36,37). The van der Waals surface area contributed by atoms with Gasteiger partial charge in [0, 0.05) is 36.0 Å². The van der Waals surface area contributed by atoms with Crippen molar-refractivity contribution in [3.63, 3.8) is 0 Å². The van der Waals surface area contributed by atoms with Crippen LogP contribution in [0.4, 0.5) is 4.79 Å². The number of fused-ring (bicyclic) bond motifs is 1. The number of piperidine rings is 1. The second-order valence-electron chi connectivity index (χ2n) is 10.1. The first-order valence-electron chi connectivity index (χ1n) is 14.0. The Bertz CT molecular complexity index is 1430. The minimum atomic E-state index is -0.914. The van der Waals surface area contributed by atoms with Gasteiger partial charge >= 0.3 is 6.09 Å². The average Bonchev–Trinajstić information content (AvgIpc) is 3.02. The number of rotatable bonds is 12. The zero-order chi connectivity index (χ0) is 28.4. The molecule has 214 valence electrons. The van der Waals surface area contributed by atoms with Crippen LogP contribution in [0.5, 0.6) is 11.5 Å². The van der Waals surface area contributed by atoms with Crippen LogP contribution in [0.3, 0.4) is 0 Å². The molecule has 0 radical (unpaired) electrons. The molecular weight excluding hydrogens is 520 g/mol. The van der Waals surface area contributed by atoms with Crippen LogP contribution in [-0.4, -0.2) is 60.6 Å². The van der Waals surface area contributed by atoms with Gasteiger partial charge in [-0.25, -0.2) is 4.79 Å². The average molecular weight is 557 g/mol. The molecule has 1 aliphatic rings. The Kier molecular flexibility index (Phi) is 9.67. The lowest BCUT2D eigenvalue weighted by Gasteiger charge is -2.37. The van der Waals surface area contributed by atoms with Crippen LogP contribution >= 0.6 is 0 Å². The number of nitrogens with zero attached hydrogens (tertiary/aromatic N) is 2. The van der Waals surface area contributed by atoms with E-state index in [0.717, 1.165) is 45.5 Å². The monoisotopic (exact) mass is 556 g/mol. The van der Waals surface area contributed by atoms with Crippen LogP contribution in [0.1, 0.15) is 35.4 Å². The van der Waals surface area contributed by atoms with E-state index in [4.69, 9.17) is 18.9 Å². The van der Waals surface area contributed by atoms with E-state index in [9.17, 15) is 9.90 Å². The van der Waals surface area contributed by atoms with Crippen LogP contribution in [0.2, 0.25) is 0 Å². The van der Waals surface area contributed by atoms with Crippen molar-refractivity contribution in [3.05, 3.63) is 102 Å². The molecular formula is C33H36N2O6. The second kappa shape index (κ2) is 14.0. The van der Waals surface area contributed by atoms with E-state index < -0.39 is 6.09 Å². The van der Waals surface area contributed by atoms with Crippen molar-refractivity contribution >= 4 is 17.0 Å². The quantitative estimate of drug-likeness (QED) is 0.205. The number of hydrogen-bond acceptors (Lipinski definition) is 6. The number of aromatic nitrogens is 1. The number of amides is 1. The van der Waals surface area contributed by atoms with E-state index in [0.29, 0.717) is 45.9 Å². The van der Waals surface area contributed by atoms with Gasteiger partial charge in [-0.1, -0.05) is 48.5 Å². The molecule has 5 rings (SSSR count). The minimum absolute atomic E-state index is 0.0848. The SMILES string of the molecule is COc1ccccc1COCCCOc1ccc(C2CCN(C(=O)O)CC2OCc2ccc3cccnc3c2)cc1. The first-order valence-corrected chi connectivity index (χ1v) is 14.0. The van der Waals surface area contributed by atoms with Crippen molar-refractivity contribution in [1.82, 2.24) is 9.88 Å². The Morgan fingerprint density at radius 1 is 1.00 bits per heavy atom. The van der Waals surface area contributed by atoms with Gasteiger partial charge < -0.3 is 29.0 Å². The summed E-state index contributed by atoms with van der Waals surface area (Å²) in [6.07, 6.45) is 2.07. The highest BCUT2D eigenvalue weighted by Gasteiger charge is 2.33. The van der Waals surface area contributed by atoms with E-state index in [2.05, 4.69) is 17.1 Å². The Morgan fingerprint density at radius 2 is 1.85 bits per heavy atom. The lowest BCUT2D eigenvalue weighted by molar-refractivity contribution is -0.0199. The van der Waals surface area contributed by atoms with E-state index in [1.54, 1.807) is 13.3 Å². The summed E-state index contributed by atoms with van der Waals surface area (Å²) < 4.78 is 23.4. The largest absolute Gasteiger partial charge is 0.496 e. The number of para-hydroxylation sites is 1. The number of hydrogen-bond donors (Lipinski definition) is 1. The lowest BCUT2D eigenvalue weighted by atomic mass is 9.87. The summed E-state index contributed by atoms with van der Waals surface area (Å²) >= 11 is 0. The van der Waals surface area contributed by atoms with Gasteiger partial charge in [-0.3, -0.25) is 4.98 Å². The fraction of sp³-hybridized carbons (Fsp3) is 0.333. The molecule has 1 fully saturated rings. The molecule has 1 saturated heterocycles. The fourth-order valence-electron chi connectivity index (χ4n) is 5.21. The van der Waals surface area contributed by atoms with Crippen molar-refractivity contribution in [3.8, 4) is 11.5 Å². The Balaban J connectivity index is 1.13. The Hall–Kier alpha value is -4.14. The predicted octanol–water partition coefficient (Wildman–Crippen LogP) is 6.28. The molecule has 0 bridgehead atoms. The minimum Gasteiger partial charge on any atom is -0.496 e. The zero-order valence-electron chi connectivity index (χ0n) is 23.3. The third-order valence-corrected chi connectivity index (χ3v) is 7.42. The van der Waals surface area contributed by atoms with Crippen molar-refractivity contribution in [2.45, 2.75) is 38.1 Å². The van der Waals surface area contributed by atoms with Gasteiger partial charge in [0.25, 0.3) is 0 Å². The summed E-state index contributed by atoms with van der Waals surface area (Å²) in [7, 11) is 1.66. The summed E-state index contributed by atoms with van der Waals surface area (Å²) in [5.41, 5.74) is 4.07. The molecule has 0 aliphatic carbocycles. The molecule has 0 saturated carbocycles. The topological polar surface area (TPSA) is 90.4 Å². The number of carbonyl (C=O) groups is 1. The molecule has 2 unspecified atom stereocenters. The van der Waals surface area contributed by atoms with Gasteiger partial charge in [0.15, 0.2) is 0 Å². The summed E-state index contributed by atoms with van der Waals surface area (Å²) in [4.78, 5) is 17.6. The highest BCUT2D eigenvalue weighted by Crippen LogP contribution is 2.32. The van der Waals surface area contributed by atoms with Crippen LogP contribution in [0.15, 0.2) is 85.1 Å². The van der Waals surface area contributed by atoms with E-state index in [1.807, 2.05) is 66.7 Å². The van der Waals surface area contributed by atoms with Gasteiger partial charge in [-0.2, -0.15) is 0 Å².